The molecular formula is C16H16ClN3O3S. The van der Waals surface area contributed by atoms with Gasteiger partial charge in [-0.25, -0.2) is 8.42 Å². The molecule has 1 fully saturated rings. The lowest BCUT2D eigenvalue weighted by molar-refractivity contribution is 0.0914. The smallest absolute Gasteiger partial charge is 0.197 e. The van der Waals surface area contributed by atoms with Crippen LogP contribution in [0.15, 0.2) is 35.4 Å². The summed E-state index contributed by atoms with van der Waals surface area (Å²) in [5.41, 5.74) is 1.34. The minimum Gasteiger partial charge on any atom is -0.300 e. The van der Waals surface area contributed by atoms with E-state index in [1.54, 1.807) is 18.3 Å². The van der Waals surface area contributed by atoms with Crippen LogP contribution in [0.25, 0.3) is 0 Å². The summed E-state index contributed by atoms with van der Waals surface area (Å²) in [7, 11) is -3.51. The molecule has 0 saturated carbocycles. The summed E-state index contributed by atoms with van der Waals surface area (Å²) in [4.78, 5) is 12.8. The summed E-state index contributed by atoms with van der Waals surface area (Å²) < 4.78 is 25.9. The zero-order chi connectivity index (χ0) is 16.9. The SMILES string of the molecule is O=C1c2[nH]ncc2C2CCC(S(=O)(=O)c3ccc(Cl)cc3)CC1N2. The van der Waals surface area contributed by atoms with E-state index in [0.717, 1.165) is 5.56 Å². The zero-order valence-electron chi connectivity index (χ0n) is 12.7. The standard InChI is InChI=1S/C16H16ClN3O3S/c17-9-1-3-10(4-2-9)24(22,23)11-5-6-13-12-8-18-20-15(12)16(21)14(7-11)19-13/h1-4,8,11,13-14,19H,5-7H2,(H,18,20). The highest BCUT2D eigenvalue weighted by atomic mass is 35.5. The van der Waals surface area contributed by atoms with Crippen LogP contribution in [0, 0.1) is 0 Å². The second-order valence-corrected chi connectivity index (χ2v) is 8.93. The molecule has 0 aliphatic carbocycles. The second-order valence-electron chi connectivity index (χ2n) is 6.27. The van der Waals surface area contributed by atoms with Gasteiger partial charge in [0.1, 0.15) is 5.69 Å². The molecule has 8 heteroatoms. The number of ketones is 1. The molecule has 126 valence electrons. The molecule has 0 spiro atoms. The molecule has 1 saturated heterocycles. The van der Waals surface area contributed by atoms with Gasteiger partial charge >= 0.3 is 0 Å². The number of benzene rings is 1. The van der Waals surface area contributed by atoms with Crippen molar-refractivity contribution in [1.82, 2.24) is 15.5 Å². The quantitative estimate of drug-likeness (QED) is 0.851. The van der Waals surface area contributed by atoms with Gasteiger partial charge in [0.15, 0.2) is 15.6 Å². The Labute approximate surface area is 144 Å². The van der Waals surface area contributed by atoms with E-state index < -0.39 is 21.1 Å². The molecule has 2 aliphatic rings. The Hall–Kier alpha value is -1.70. The lowest BCUT2D eigenvalue weighted by Crippen LogP contribution is -2.44. The van der Waals surface area contributed by atoms with E-state index in [-0.39, 0.29) is 23.1 Å². The third-order valence-electron chi connectivity index (χ3n) is 4.87. The number of nitrogens with zero attached hydrogens (tertiary/aromatic N) is 1. The van der Waals surface area contributed by atoms with Gasteiger partial charge in [-0.1, -0.05) is 11.6 Å². The Morgan fingerprint density at radius 1 is 1.12 bits per heavy atom. The molecule has 24 heavy (non-hydrogen) atoms. The highest BCUT2D eigenvalue weighted by Gasteiger charge is 2.42. The van der Waals surface area contributed by atoms with Gasteiger partial charge in [-0.15, -0.1) is 0 Å². The van der Waals surface area contributed by atoms with Crippen molar-refractivity contribution in [2.24, 2.45) is 0 Å². The number of carbonyl (C=O) groups excluding carboxylic acids is 1. The molecule has 2 aliphatic heterocycles. The van der Waals surface area contributed by atoms with Crippen molar-refractivity contribution in [3.05, 3.63) is 46.7 Å². The summed E-state index contributed by atoms with van der Waals surface area (Å²) >= 11 is 5.85. The second kappa shape index (κ2) is 5.68. The van der Waals surface area contributed by atoms with E-state index in [1.807, 2.05) is 0 Å². The van der Waals surface area contributed by atoms with Crippen molar-refractivity contribution >= 4 is 27.2 Å². The van der Waals surface area contributed by atoms with Crippen LogP contribution >= 0.6 is 11.6 Å². The molecule has 0 amide bonds. The molecule has 0 radical (unpaired) electrons. The van der Waals surface area contributed by atoms with Gasteiger partial charge < -0.3 is 5.32 Å². The molecule has 3 atom stereocenters. The van der Waals surface area contributed by atoms with Crippen molar-refractivity contribution in [3.8, 4) is 0 Å². The van der Waals surface area contributed by atoms with Crippen LogP contribution in [0.3, 0.4) is 0 Å². The fraction of sp³-hybridized carbons (Fsp3) is 0.375. The van der Waals surface area contributed by atoms with E-state index in [1.165, 1.54) is 12.1 Å². The molecule has 1 aromatic carbocycles. The Kier molecular flexibility index (Phi) is 3.74. The number of carbonyl (C=O) groups is 1. The summed E-state index contributed by atoms with van der Waals surface area (Å²) in [5.74, 6) is -0.114. The first kappa shape index (κ1) is 15.8. The minimum atomic E-state index is -3.51. The Bertz CT molecular complexity index is 892. The molecule has 3 unspecified atom stereocenters. The normalized spacial score (nSPS) is 26.7. The van der Waals surface area contributed by atoms with Gasteiger partial charge in [-0.2, -0.15) is 5.10 Å². The number of halogens is 1. The van der Waals surface area contributed by atoms with Crippen molar-refractivity contribution < 1.29 is 13.2 Å². The maximum atomic E-state index is 13.0. The van der Waals surface area contributed by atoms with Crippen LogP contribution in [0.1, 0.15) is 41.4 Å². The third-order valence-corrected chi connectivity index (χ3v) is 7.35. The van der Waals surface area contributed by atoms with Gasteiger partial charge in [0, 0.05) is 16.6 Å². The largest absolute Gasteiger partial charge is 0.300 e. The Balaban J connectivity index is 1.66. The molecule has 1 aromatic heterocycles. The predicted octanol–water partition coefficient (Wildman–Crippen LogP) is 2.29. The van der Waals surface area contributed by atoms with Gasteiger partial charge in [0.25, 0.3) is 0 Å². The summed E-state index contributed by atoms with van der Waals surface area (Å²) in [6.07, 6.45) is 3.05. The Morgan fingerprint density at radius 2 is 1.88 bits per heavy atom. The van der Waals surface area contributed by atoms with E-state index in [9.17, 15) is 13.2 Å². The molecule has 4 rings (SSSR count). The molecule has 2 N–H and O–H groups in total. The van der Waals surface area contributed by atoms with Crippen LogP contribution in [-0.2, 0) is 9.84 Å². The van der Waals surface area contributed by atoms with Gasteiger partial charge in [-0.05, 0) is 43.5 Å². The Morgan fingerprint density at radius 3 is 2.62 bits per heavy atom. The monoisotopic (exact) mass is 365 g/mol. The zero-order valence-corrected chi connectivity index (χ0v) is 14.3. The molecule has 3 heterocycles. The lowest BCUT2D eigenvalue weighted by atomic mass is 9.94. The number of aromatic nitrogens is 2. The summed E-state index contributed by atoms with van der Waals surface area (Å²) in [5, 5.41) is 9.88. The highest BCUT2D eigenvalue weighted by Crippen LogP contribution is 2.36. The summed E-state index contributed by atoms with van der Waals surface area (Å²) in [6.45, 7) is 0. The van der Waals surface area contributed by atoms with Gasteiger partial charge in [-0.3, -0.25) is 9.89 Å². The van der Waals surface area contributed by atoms with Crippen molar-refractivity contribution in [2.75, 3.05) is 0 Å². The minimum absolute atomic E-state index is 0.0353. The first-order chi connectivity index (χ1) is 11.5. The fourth-order valence-corrected chi connectivity index (χ4v) is 5.50. The van der Waals surface area contributed by atoms with Crippen molar-refractivity contribution in [2.45, 2.75) is 41.5 Å². The van der Waals surface area contributed by atoms with E-state index in [4.69, 9.17) is 11.6 Å². The maximum Gasteiger partial charge on any atom is 0.197 e. The maximum absolute atomic E-state index is 13.0. The number of rotatable bonds is 2. The number of Topliss-reactive ketones (excluding diaryl/α,β-unsaturated/α-hetero) is 1. The van der Waals surface area contributed by atoms with Crippen LogP contribution in [0.4, 0.5) is 0 Å². The topological polar surface area (TPSA) is 91.9 Å². The summed E-state index contributed by atoms with van der Waals surface area (Å²) in [6, 6.07) is 5.66. The first-order valence-corrected chi connectivity index (χ1v) is 9.72. The van der Waals surface area contributed by atoms with E-state index in [2.05, 4.69) is 15.5 Å². The van der Waals surface area contributed by atoms with E-state index in [0.29, 0.717) is 23.6 Å². The van der Waals surface area contributed by atoms with Crippen molar-refractivity contribution in [3.63, 3.8) is 0 Å². The van der Waals surface area contributed by atoms with Gasteiger partial charge in [0.05, 0.1) is 22.4 Å². The van der Waals surface area contributed by atoms with Crippen LogP contribution in [-0.4, -0.2) is 35.7 Å². The van der Waals surface area contributed by atoms with Crippen LogP contribution in [0.5, 0.6) is 0 Å². The molecule has 6 nitrogen and oxygen atoms in total. The average molecular weight is 366 g/mol. The predicted molar refractivity (Wildman–Crippen MR) is 88.9 cm³/mol. The van der Waals surface area contributed by atoms with Crippen LogP contribution < -0.4 is 5.32 Å². The number of fused-ring (bicyclic) bond motifs is 4. The third kappa shape index (κ3) is 2.47. The number of hydrogen-bond acceptors (Lipinski definition) is 5. The highest BCUT2D eigenvalue weighted by molar-refractivity contribution is 7.92. The fourth-order valence-electron chi connectivity index (χ4n) is 3.59. The molecule has 2 aromatic rings. The van der Waals surface area contributed by atoms with E-state index >= 15 is 0 Å². The van der Waals surface area contributed by atoms with Crippen LogP contribution in [0.2, 0.25) is 5.02 Å². The van der Waals surface area contributed by atoms with Crippen molar-refractivity contribution in [1.29, 1.82) is 0 Å². The first-order valence-electron chi connectivity index (χ1n) is 7.80. The molecular weight excluding hydrogens is 350 g/mol. The number of nitrogens with one attached hydrogen (secondary N) is 2. The lowest BCUT2D eigenvalue weighted by Gasteiger charge is -2.27. The number of aromatic amines is 1. The van der Waals surface area contributed by atoms with Gasteiger partial charge in [0.2, 0.25) is 0 Å². The average Bonchev–Trinajstić information content (AvgIpc) is 2.96. The number of H-pyrrole nitrogens is 1. The molecule has 2 bridgehead atoms. The number of hydrogen-bond donors (Lipinski definition) is 2. The number of sulfone groups is 1.